The molecule has 0 N–H and O–H groups in total. The van der Waals surface area contributed by atoms with E-state index in [2.05, 4.69) is 79.0 Å². The van der Waals surface area contributed by atoms with Crippen molar-refractivity contribution in [3.63, 3.8) is 0 Å². The Morgan fingerprint density at radius 1 is 0.500 bits per heavy atom. The Morgan fingerprint density at radius 2 is 0.783 bits per heavy atom. The number of piperidine rings is 2. The van der Waals surface area contributed by atoms with Gasteiger partial charge in [0.2, 0.25) is 0 Å². The van der Waals surface area contributed by atoms with Gasteiger partial charge in [-0.05, 0) is 66.5 Å². The van der Waals surface area contributed by atoms with Crippen molar-refractivity contribution >= 4 is 6.16 Å². The minimum atomic E-state index is -0.470. The van der Waals surface area contributed by atoms with Crippen molar-refractivity contribution < 1.29 is 14.3 Å². The van der Waals surface area contributed by atoms with Gasteiger partial charge in [-0.2, -0.15) is 0 Å². The van der Waals surface area contributed by atoms with Gasteiger partial charge in [0.15, 0.2) is 0 Å². The first kappa shape index (κ1) is 41.4. The molecule has 2 fully saturated rings. The molecule has 0 saturated carbocycles. The summed E-state index contributed by atoms with van der Waals surface area (Å²) in [6.45, 7) is 27.3. The maximum atomic E-state index is 13.4. The summed E-state index contributed by atoms with van der Waals surface area (Å²) in [6, 6.07) is 0. The molecule has 272 valence electrons. The third-order valence-electron chi connectivity index (χ3n) is 13.2. The van der Waals surface area contributed by atoms with E-state index in [1.165, 1.54) is 116 Å². The summed E-state index contributed by atoms with van der Waals surface area (Å²) >= 11 is 0. The van der Waals surface area contributed by atoms with Crippen molar-refractivity contribution in [2.75, 3.05) is 26.2 Å². The van der Waals surface area contributed by atoms with Crippen LogP contribution in [0.1, 0.15) is 198 Å². The molecule has 5 heteroatoms. The van der Waals surface area contributed by atoms with E-state index in [1.54, 1.807) is 0 Å². The summed E-state index contributed by atoms with van der Waals surface area (Å²) in [5.74, 6) is 0. The molecule has 2 saturated heterocycles. The van der Waals surface area contributed by atoms with Gasteiger partial charge in [-0.25, -0.2) is 4.79 Å². The van der Waals surface area contributed by atoms with Crippen molar-refractivity contribution in [1.29, 1.82) is 0 Å². The first-order chi connectivity index (χ1) is 21.7. The molecule has 0 aromatic heterocycles. The lowest BCUT2D eigenvalue weighted by Gasteiger charge is -2.57. The molecular weight excluding hydrogens is 568 g/mol. The monoisotopic (exact) mass is 649 g/mol. The Hall–Kier alpha value is -0.810. The molecule has 0 aromatic carbocycles. The van der Waals surface area contributed by atoms with Crippen LogP contribution in [-0.4, -0.2) is 65.4 Å². The van der Waals surface area contributed by atoms with Crippen LogP contribution in [0.25, 0.3) is 0 Å². The van der Waals surface area contributed by atoms with Crippen LogP contribution in [0.2, 0.25) is 0 Å². The molecule has 46 heavy (non-hydrogen) atoms. The molecular formula is C41H80N2O3. The summed E-state index contributed by atoms with van der Waals surface area (Å²) in [6.07, 6.45) is 25.4. The highest BCUT2D eigenvalue weighted by Gasteiger charge is 2.54. The summed E-state index contributed by atoms with van der Waals surface area (Å²) in [5.41, 5.74) is -0.454. The van der Waals surface area contributed by atoms with Gasteiger partial charge in [-0.1, -0.05) is 144 Å². The standard InChI is InChI=1S/C41H80N2O3/c1-11-13-15-17-19-21-23-25-27-31-42-33-29-35(38(3,4)40(42,7)8)45-37(44)46-36-30-34-43(41(9,10)39(36,5)6)32-28-26-24-22-20-18-16-14-12-2/h35-36H,11-34H2,1-10H3. The Bertz CT molecular complexity index is 770. The third-order valence-corrected chi connectivity index (χ3v) is 13.2. The molecule has 0 aromatic rings. The highest BCUT2D eigenvalue weighted by atomic mass is 16.7. The van der Waals surface area contributed by atoms with Gasteiger partial charge in [0, 0.05) is 35.0 Å². The molecule has 0 radical (unpaired) electrons. The van der Waals surface area contributed by atoms with E-state index in [-0.39, 0.29) is 34.1 Å². The fourth-order valence-electron chi connectivity index (χ4n) is 8.11. The van der Waals surface area contributed by atoms with Gasteiger partial charge < -0.3 is 9.47 Å². The molecule has 0 amide bonds. The Morgan fingerprint density at radius 3 is 1.09 bits per heavy atom. The molecule has 2 unspecified atom stereocenters. The Kier molecular flexibility index (Phi) is 18.0. The Labute approximate surface area is 287 Å². The van der Waals surface area contributed by atoms with Crippen LogP contribution in [0.15, 0.2) is 0 Å². The predicted molar refractivity (Wildman–Crippen MR) is 198 cm³/mol. The molecule has 2 heterocycles. The second-order valence-corrected chi connectivity index (χ2v) is 17.2. The van der Waals surface area contributed by atoms with Crippen molar-refractivity contribution in [2.24, 2.45) is 10.8 Å². The quantitative estimate of drug-likeness (QED) is 0.0863. The molecule has 2 aliphatic heterocycles. The van der Waals surface area contributed by atoms with Crippen LogP contribution >= 0.6 is 0 Å². The zero-order valence-electron chi connectivity index (χ0n) is 32.7. The summed E-state index contributed by atoms with van der Waals surface area (Å²) in [4.78, 5) is 18.7. The number of likely N-dealkylation sites (tertiary alicyclic amines) is 2. The normalized spacial score (nSPS) is 24.1. The number of hydrogen-bond acceptors (Lipinski definition) is 5. The zero-order chi connectivity index (χ0) is 34.3. The van der Waals surface area contributed by atoms with Gasteiger partial charge in [-0.15, -0.1) is 0 Å². The molecule has 0 spiro atoms. The molecule has 2 rings (SSSR count). The maximum absolute atomic E-state index is 13.4. The van der Waals surface area contributed by atoms with Crippen LogP contribution in [0.5, 0.6) is 0 Å². The summed E-state index contributed by atoms with van der Waals surface area (Å²) in [5, 5.41) is 0. The van der Waals surface area contributed by atoms with Gasteiger partial charge in [0.1, 0.15) is 12.2 Å². The highest BCUT2D eigenvalue weighted by Crippen LogP contribution is 2.47. The molecule has 2 aliphatic rings. The largest absolute Gasteiger partial charge is 0.508 e. The molecule has 0 aliphatic carbocycles. The van der Waals surface area contributed by atoms with Crippen molar-refractivity contribution in [3.8, 4) is 0 Å². The van der Waals surface area contributed by atoms with Gasteiger partial charge >= 0.3 is 6.16 Å². The van der Waals surface area contributed by atoms with E-state index in [0.717, 1.165) is 39.0 Å². The fraction of sp³-hybridized carbons (Fsp3) is 0.976. The smallest absolute Gasteiger partial charge is 0.430 e. The van der Waals surface area contributed by atoms with Crippen LogP contribution in [-0.2, 0) is 9.47 Å². The first-order valence-corrected chi connectivity index (χ1v) is 20.1. The first-order valence-electron chi connectivity index (χ1n) is 20.1. The van der Waals surface area contributed by atoms with E-state index in [4.69, 9.17) is 9.47 Å². The number of hydrogen-bond donors (Lipinski definition) is 0. The van der Waals surface area contributed by atoms with E-state index in [0.29, 0.717) is 0 Å². The van der Waals surface area contributed by atoms with Crippen LogP contribution in [0.3, 0.4) is 0 Å². The van der Waals surface area contributed by atoms with E-state index in [9.17, 15) is 4.79 Å². The van der Waals surface area contributed by atoms with E-state index < -0.39 is 6.16 Å². The average Bonchev–Trinajstić information content (AvgIpc) is 2.99. The van der Waals surface area contributed by atoms with Crippen molar-refractivity contribution in [2.45, 2.75) is 221 Å². The summed E-state index contributed by atoms with van der Waals surface area (Å²) in [7, 11) is 0. The van der Waals surface area contributed by atoms with Gasteiger partial charge in [0.05, 0.1) is 0 Å². The number of nitrogens with zero attached hydrogens (tertiary/aromatic N) is 2. The third kappa shape index (κ3) is 11.7. The molecule has 0 bridgehead atoms. The Balaban J connectivity index is 1.79. The topological polar surface area (TPSA) is 42.0 Å². The maximum Gasteiger partial charge on any atom is 0.508 e. The molecule has 5 nitrogen and oxygen atoms in total. The second-order valence-electron chi connectivity index (χ2n) is 17.2. The summed E-state index contributed by atoms with van der Waals surface area (Å²) < 4.78 is 12.4. The minimum absolute atomic E-state index is 0.0575. The van der Waals surface area contributed by atoms with Crippen LogP contribution in [0, 0.1) is 10.8 Å². The number of rotatable bonds is 22. The predicted octanol–water partition coefficient (Wildman–Crippen LogP) is 12.0. The number of unbranched alkanes of at least 4 members (excludes halogenated alkanes) is 16. The van der Waals surface area contributed by atoms with Crippen LogP contribution in [0.4, 0.5) is 4.79 Å². The lowest BCUT2D eigenvalue weighted by atomic mass is 9.65. The number of carbonyl (C=O) groups excluding carboxylic acids is 1. The van der Waals surface area contributed by atoms with E-state index in [1.807, 2.05) is 0 Å². The molecule has 2 atom stereocenters. The SMILES string of the molecule is CCCCCCCCCCCN1CCC(OC(=O)OC2CCN(CCCCCCCCCCC)C(C)(C)C2(C)C)C(C)(C)C1(C)C. The lowest BCUT2D eigenvalue weighted by Crippen LogP contribution is -2.65. The number of ether oxygens (including phenoxy) is 2. The second kappa shape index (κ2) is 20.0. The van der Waals surface area contributed by atoms with Gasteiger partial charge in [0.25, 0.3) is 0 Å². The zero-order valence-corrected chi connectivity index (χ0v) is 32.7. The van der Waals surface area contributed by atoms with E-state index >= 15 is 0 Å². The lowest BCUT2D eigenvalue weighted by molar-refractivity contribution is -0.155. The van der Waals surface area contributed by atoms with Gasteiger partial charge in [-0.3, -0.25) is 9.80 Å². The average molecular weight is 649 g/mol. The highest BCUT2D eigenvalue weighted by molar-refractivity contribution is 5.60. The number of carbonyl (C=O) groups is 1. The minimum Gasteiger partial charge on any atom is -0.430 e. The van der Waals surface area contributed by atoms with Crippen molar-refractivity contribution in [1.82, 2.24) is 9.80 Å². The fourth-order valence-corrected chi connectivity index (χ4v) is 8.11. The van der Waals surface area contributed by atoms with Crippen LogP contribution < -0.4 is 0 Å². The van der Waals surface area contributed by atoms with Crippen molar-refractivity contribution in [3.05, 3.63) is 0 Å².